The van der Waals surface area contributed by atoms with Crippen molar-refractivity contribution in [2.24, 2.45) is 4.99 Å². The molecule has 0 bridgehead atoms. The Bertz CT molecular complexity index is 1640. The largest absolute Gasteiger partial charge is 0.494 e. The second kappa shape index (κ2) is 14.4. The predicted octanol–water partition coefficient (Wildman–Crippen LogP) is 3.74. The minimum atomic E-state index is -4.16. The van der Waals surface area contributed by atoms with Gasteiger partial charge in [0.05, 0.1) is 36.1 Å². The number of sulfone groups is 1. The van der Waals surface area contributed by atoms with Crippen LogP contribution in [0.3, 0.4) is 0 Å². The number of thiophene rings is 1. The first-order valence-corrected chi connectivity index (χ1v) is 17.3. The first-order chi connectivity index (χ1) is 20.2. The molecule has 1 aliphatic rings. The first-order valence-electron chi connectivity index (χ1n) is 13.8. The van der Waals surface area contributed by atoms with Crippen molar-refractivity contribution in [2.75, 3.05) is 43.8 Å². The number of methoxy groups -OCH3 is 1. The molecule has 4 rings (SSSR count). The Morgan fingerprint density at radius 1 is 1.05 bits per heavy atom. The molecular weight excluding hydrogens is 603 g/mol. The van der Waals surface area contributed by atoms with Gasteiger partial charge >= 0.3 is 5.97 Å². The molecule has 228 valence electrons. The van der Waals surface area contributed by atoms with E-state index in [9.17, 15) is 22.8 Å². The Morgan fingerprint density at radius 2 is 1.83 bits per heavy atom. The monoisotopic (exact) mass is 637 g/mol. The number of hydrogen-bond acceptors (Lipinski definition) is 10. The fourth-order valence-electron chi connectivity index (χ4n) is 4.80. The third-order valence-corrected chi connectivity index (χ3v) is 10.2. The van der Waals surface area contributed by atoms with Gasteiger partial charge in [-0.2, -0.15) is 4.99 Å². The lowest BCUT2D eigenvalue weighted by molar-refractivity contribution is -0.115. The molecule has 2 heterocycles. The lowest BCUT2D eigenvalue weighted by Crippen LogP contribution is -2.28. The van der Waals surface area contributed by atoms with Gasteiger partial charge in [0, 0.05) is 18.0 Å². The third-order valence-electron chi connectivity index (χ3n) is 6.61. The van der Waals surface area contributed by atoms with E-state index < -0.39 is 39.1 Å². The summed E-state index contributed by atoms with van der Waals surface area (Å²) < 4.78 is 44.3. The minimum absolute atomic E-state index is 0.275. The fourth-order valence-corrected chi connectivity index (χ4v) is 8.21. The predicted molar refractivity (Wildman–Crippen MR) is 162 cm³/mol. The molecule has 0 unspecified atom stereocenters. The number of carbonyl (C=O) groups excluding carboxylic acids is 3. The number of aromatic nitrogens is 1. The van der Waals surface area contributed by atoms with Crippen molar-refractivity contribution in [3.63, 3.8) is 0 Å². The lowest BCUT2D eigenvalue weighted by Gasteiger charge is -2.08. The molecule has 1 N–H and O–H groups in total. The minimum Gasteiger partial charge on any atom is -0.494 e. The normalized spacial score (nSPS) is 13.9. The number of amides is 2. The van der Waals surface area contributed by atoms with Crippen LogP contribution in [0.2, 0.25) is 0 Å². The van der Waals surface area contributed by atoms with Crippen LogP contribution >= 0.6 is 22.7 Å². The number of hydrogen-bond donors (Lipinski definition) is 1. The zero-order valence-electron chi connectivity index (χ0n) is 23.9. The second-order valence-corrected chi connectivity index (χ2v) is 13.8. The van der Waals surface area contributed by atoms with Gasteiger partial charge in [-0.25, -0.2) is 13.2 Å². The number of nitrogens with one attached hydrogen (secondary N) is 1. The number of esters is 1. The summed E-state index contributed by atoms with van der Waals surface area (Å²) in [7, 11) is -2.89. The van der Waals surface area contributed by atoms with Gasteiger partial charge in [0.2, 0.25) is 5.91 Å². The molecule has 0 spiro atoms. The number of anilines is 1. The van der Waals surface area contributed by atoms with E-state index in [0.29, 0.717) is 43.3 Å². The average Bonchev–Trinajstić information content (AvgIpc) is 3.33. The van der Waals surface area contributed by atoms with E-state index in [2.05, 4.69) is 10.3 Å². The lowest BCUT2D eigenvalue weighted by atomic mass is 10.1. The summed E-state index contributed by atoms with van der Waals surface area (Å²) in [4.78, 5) is 43.6. The summed E-state index contributed by atoms with van der Waals surface area (Å²) in [6.45, 7) is 5.59. The standard InChI is InChI=1S/C28H35N3O8S3/c1-4-38-14-13-31-20-12-11-18(39-5-2)15-22(20)41-28(31)30-24(33)17-42(35,36)16-23(32)29-26-25(27(34)37-3)19-9-7-6-8-10-21(19)40-26/h11-12,15H,4-10,13-14,16-17H2,1-3H3,(H,29,32). The van der Waals surface area contributed by atoms with E-state index in [4.69, 9.17) is 14.2 Å². The Labute approximate surface area is 252 Å². The van der Waals surface area contributed by atoms with Gasteiger partial charge in [-0.3, -0.25) is 9.59 Å². The van der Waals surface area contributed by atoms with E-state index in [1.165, 1.54) is 29.8 Å². The molecular formula is C28H35N3O8S3. The van der Waals surface area contributed by atoms with Crippen molar-refractivity contribution in [3.8, 4) is 5.75 Å². The zero-order chi connectivity index (χ0) is 30.3. The van der Waals surface area contributed by atoms with Crippen molar-refractivity contribution in [2.45, 2.75) is 52.5 Å². The van der Waals surface area contributed by atoms with Crippen LogP contribution in [0.5, 0.6) is 5.75 Å². The highest BCUT2D eigenvalue weighted by Gasteiger charge is 2.28. The Kier molecular flexibility index (Phi) is 10.9. The molecule has 0 aliphatic heterocycles. The van der Waals surface area contributed by atoms with Crippen LogP contribution in [0.1, 0.15) is 53.9 Å². The van der Waals surface area contributed by atoms with Gasteiger partial charge in [-0.05, 0) is 63.3 Å². The second-order valence-electron chi connectivity index (χ2n) is 9.64. The zero-order valence-corrected chi connectivity index (χ0v) is 26.3. The summed E-state index contributed by atoms with van der Waals surface area (Å²) in [5.41, 5.74) is 1.95. The maximum Gasteiger partial charge on any atom is 0.341 e. The summed E-state index contributed by atoms with van der Waals surface area (Å²) in [6.07, 6.45) is 4.41. The summed E-state index contributed by atoms with van der Waals surface area (Å²) in [5.74, 6) is -3.48. The number of benzene rings is 1. The number of carbonyl (C=O) groups is 3. The highest BCUT2D eigenvalue weighted by Crippen LogP contribution is 2.38. The van der Waals surface area contributed by atoms with Crippen molar-refractivity contribution in [1.29, 1.82) is 0 Å². The number of aryl methyl sites for hydroxylation is 1. The molecule has 2 aromatic heterocycles. The molecule has 0 saturated heterocycles. The molecule has 1 aromatic carbocycles. The maximum absolute atomic E-state index is 12.9. The number of rotatable bonds is 12. The molecule has 0 saturated carbocycles. The third kappa shape index (κ3) is 7.85. The molecule has 2 amide bonds. The topological polar surface area (TPSA) is 142 Å². The summed E-state index contributed by atoms with van der Waals surface area (Å²) >= 11 is 2.51. The Hall–Kier alpha value is -3.07. The smallest absolute Gasteiger partial charge is 0.341 e. The van der Waals surface area contributed by atoms with Crippen molar-refractivity contribution in [3.05, 3.63) is 39.0 Å². The highest BCUT2D eigenvalue weighted by atomic mass is 32.2. The van der Waals surface area contributed by atoms with Crippen LogP contribution in [0.25, 0.3) is 10.2 Å². The SMILES string of the molecule is CCOCCn1c(=NC(=O)CS(=O)(=O)CC(=O)Nc2sc3c(c2C(=O)OC)CCCCC3)sc2cc(OCC)ccc21. The Morgan fingerprint density at radius 3 is 2.57 bits per heavy atom. The van der Waals surface area contributed by atoms with E-state index in [1.807, 2.05) is 32.0 Å². The van der Waals surface area contributed by atoms with E-state index in [-0.39, 0.29) is 10.6 Å². The van der Waals surface area contributed by atoms with Gasteiger partial charge in [-0.15, -0.1) is 11.3 Å². The quantitative estimate of drug-likeness (QED) is 0.180. The highest BCUT2D eigenvalue weighted by molar-refractivity contribution is 7.92. The van der Waals surface area contributed by atoms with Gasteiger partial charge in [-0.1, -0.05) is 17.8 Å². The van der Waals surface area contributed by atoms with Gasteiger partial charge in [0.15, 0.2) is 14.6 Å². The molecule has 42 heavy (non-hydrogen) atoms. The molecule has 14 heteroatoms. The van der Waals surface area contributed by atoms with Crippen LogP contribution in [0, 0.1) is 0 Å². The summed E-state index contributed by atoms with van der Waals surface area (Å²) in [5, 5.41) is 2.86. The number of nitrogens with zero attached hydrogens (tertiary/aromatic N) is 2. The first kappa shape index (κ1) is 31.9. The van der Waals surface area contributed by atoms with Crippen LogP contribution < -0.4 is 14.9 Å². The van der Waals surface area contributed by atoms with Crippen molar-refractivity contribution >= 4 is 65.5 Å². The molecule has 0 atom stereocenters. The molecule has 1 aliphatic carbocycles. The van der Waals surface area contributed by atoms with Crippen molar-refractivity contribution in [1.82, 2.24) is 4.57 Å². The van der Waals surface area contributed by atoms with E-state index in [0.717, 1.165) is 46.3 Å². The Balaban J connectivity index is 1.52. The van der Waals surface area contributed by atoms with Gasteiger partial charge < -0.3 is 24.1 Å². The van der Waals surface area contributed by atoms with Crippen molar-refractivity contribution < 1.29 is 37.0 Å². The van der Waals surface area contributed by atoms with E-state index in [1.54, 1.807) is 4.57 Å². The van der Waals surface area contributed by atoms with Crippen LogP contribution in [-0.4, -0.2) is 69.2 Å². The summed E-state index contributed by atoms with van der Waals surface area (Å²) in [6, 6.07) is 5.53. The number of thiazole rings is 1. The van der Waals surface area contributed by atoms with Crippen LogP contribution in [0.15, 0.2) is 23.2 Å². The fraction of sp³-hybridized carbons (Fsp3) is 0.500. The number of fused-ring (bicyclic) bond motifs is 2. The van der Waals surface area contributed by atoms with Crippen LogP contribution in [0.4, 0.5) is 5.00 Å². The number of ether oxygens (including phenoxy) is 3. The molecule has 0 fully saturated rings. The van der Waals surface area contributed by atoms with Gasteiger partial charge in [0.1, 0.15) is 22.3 Å². The van der Waals surface area contributed by atoms with Crippen LogP contribution in [-0.2, 0) is 48.3 Å². The maximum atomic E-state index is 12.9. The molecule has 3 aromatic rings. The van der Waals surface area contributed by atoms with Gasteiger partial charge in [0.25, 0.3) is 5.91 Å². The average molecular weight is 638 g/mol. The van der Waals surface area contributed by atoms with E-state index >= 15 is 0 Å². The molecule has 0 radical (unpaired) electrons. The molecule has 11 nitrogen and oxygen atoms in total.